The van der Waals surface area contributed by atoms with Gasteiger partial charge in [-0.2, -0.15) is 4.90 Å². The molecule has 0 aliphatic carbocycles. The Morgan fingerprint density at radius 3 is 2.11 bits per heavy atom. The second-order valence-corrected chi connectivity index (χ2v) is 12.6. The Bertz CT molecular complexity index is 1980. The van der Waals surface area contributed by atoms with Crippen LogP contribution in [0, 0.1) is 12.7 Å². The van der Waals surface area contributed by atoms with Crippen molar-refractivity contribution in [2.24, 2.45) is 0 Å². The molecule has 11 nitrogen and oxygen atoms in total. The number of rotatable bonds is 4. The minimum Gasteiger partial charge on any atom is -0.465 e. The molecule has 238 valence electrons. The van der Waals surface area contributed by atoms with E-state index in [0.717, 1.165) is 4.90 Å². The third-order valence-corrected chi connectivity index (χ3v) is 6.72. The minimum atomic E-state index is -0.966. The summed E-state index contributed by atoms with van der Waals surface area (Å²) in [6.45, 7) is 11.9. The van der Waals surface area contributed by atoms with Gasteiger partial charge in [0.15, 0.2) is 0 Å². The van der Waals surface area contributed by atoms with E-state index in [0.29, 0.717) is 44.6 Å². The molecule has 0 radical (unpaired) electrons. The van der Waals surface area contributed by atoms with Crippen LogP contribution in [-0.2, 0) is 14.2 Å². The van der Waals surface area contributed by atoms with Crippen LogP contribution < -0.4 is 4.90 Å². The van der Waals surface area contributed by atoms with Crippen LogP contribution in [-0.4, -0.2) is 56.0 Å². The number of benzene rings is 2. The number of esters is 1. The highest BCUT2D eigenvalue weighted by Crippen LogP contribution is 2.34. The Morgan fingerprint density at radius 2 is 1.48 bits per heavy atom. The summed E-state index contributed by atoms with van der Waals surface area (Å²) in [5.41, 5.74) is 1.50. The number of pyridine rings is 2. The Hall–Kier alpha value is -5.39. The average Bonchev–Trinajstić information content (AvgIpc) is 3.29. The molecule has 12 heteroatoms. The van der Waals surface area contributed by atoms with Gasteiger partial charge in [-0.1, -0.05) is 0 Å². The average molecular weight is 628 g/mol. The van der Waals surface area contributed by atoms with Crippen molar-refractivity contribution in [3.8, 4) is 16.8 Å². The lowest BCUT2D eigenvalue weighted by Gasteiger charge is -2.28. The van der Waals surface area contributed by atoms with Crippen molar-refractivity contribution in [3.05, 3.63) is 78.1 Å². The van der Waals surface area contributed by atoms with Crippen molar-refractivity contribution in [1.29, 1.82) is 0 Å². The maximum Gasteiger partial charge on any atom is 0.425 e. The molecule has 0 N–H and O–H groups in total. The lowest BCUT2D eigenvalue weighted by molar-refractivity contribution is 0.0428. The smallest absolute Gasteiger partial charge is 0.425 e. The van der Waals surface area contributed by atoms with E-state index in [1.165, 1.54) is 31.5 Å². The molecular weight excluding hydrogens is 593 g/mol. The van der Waals surface area contributed by atoms with Gasteiger partial charge in [-0.3, -0.25) is 9.55 Å². The highest BCUT2D eigenvalue weighted by Gasteiger charge is 2.34. The fourth-order valence-corrected chi connectivity index (χ4v) is 4.93. The first-order valence-corrected chi connectivity index (χ1v) is 14.4. The molecule has 0 atom stereocenters. The fraction of sp³-hybridized carbons (Fsp3) is 0.294. The Morgan fingerprint density at radius 1 is 0.826 bits per heavy atom. The van der Waals surface area contributed by atoms with E-state index in [1.54, 1.807) is 78.9 Å². The van der Waals surface area contributed by atoms with Crippen molar-refractivity contribution < 1.29 is 33.0 Å². The first-order valence-electron chi connectivity index (χ1n) is 14.4. The molecule has 0 aliphatic heterocycles. The van der Waals surface area contributed by atoms with Crippen LogP contribution in [0.3, 0.4) is 0 Å². The number of halogens is 1. The molecule has 46 heavy (non-hydrogen) atoms. The Labute approximate surface area is 264 Å². The normalized spacial score (nSPS) is 11.8. The second-order valence-electron chi connectivity index (χ2n) is 12.6. The van der Waals surface area contributed by atoms with Gasteiger partial charge in [-0.25, -0.2) is 28.7 Å². The molecule has 0 fully saturated rings. The van der Waals surface area contributed by atoms with Crippen molar-refractivity contribution in [3.63, 3.8) is 0 Å². The monoisotopic (exact) mass is 627 g/mol. The Kier molecular flexibility index (Phi) is 8.24. The topological polar surface area (TPSA) is 126 Å². The molecule has 0 unspecified atom stereocenters. The number of imide groups is 1. The van der Waals surface area contributed by atoms with E-state index in [4.69, 9.17) is 19.2 Å². The molecule has 0 aliphatic rings. The lowest BCUT2D eigenvalue weighted by atomic mass is 10.0. The molecule has 3 heterocycles. The molecular formula is C34H34FN5O6. The number of hydrogen-bond donors (Lipinski definition) is 0. The molecule has 5 rings (SSSR count). The number of fused-ring (bicyclic) bond motifs is 2. The van der Waals surface area contributed by atoms with Gasteiger partial charge < -0.3 is 14.2 Å². The van der Waals surface area contributed by atoms with Gasteiger partial charge in [-0.15, -0.1) is 0 Å². The number of amides is 2. The van der Waals surface area contributed by atoms with Crippen molar-refractivity contribution in [2.45, 2.75) is 59.7 Å². The SMILES string of the molecule is COC(=O)c1cc(-c2ccnc(N(C(=O)OC(C)(C)C)C(=O)OC(C)(C)C)c2)cc2c1nc(C)n2-c1ccnc2cc(F)ccc12. The molecule has 0 bridgehead atoms. The quantitative estimate of drug-likeness (QED) is 0.147. The highest BCUT2D eigenvalue weighted by molar-refractivity contribution is 6.09. The van der Waals surface area contributed by atoms with Crippen LogP contribution in [0.25, 0.3) is 38.8 Å². The molecule has 5 aromatic rings. The van der Waals surface area contributed by atoms with Crippen LogP contribution in [0.5, 0.6) is 0 Å². The molecule has 0 spiro atoms. The van der Waals surface area contributed by atoms with E-state index < -0.39 is 35.2 Å². The second kappa shape index (κ2) is 11.8. The van der Waals surface area contributed by atoms with Crippen LogP contribution in [0.4, 0.5) is 19.8 Å². The first-order chi connectivity index (χ1) is 21.6. The maximum atomic E-state index is 14.0. The van der Waals surface area contributed by atoms with E-state index in [9.17, 15) is 18.8 Å². The highest BCUT2D eigenvalue weighted by atomic mass is 19.1. The van der Waals surface area contributed by atoms with Crippen LogP contribution in [0.1, 0.15) is 57.7 Å². The van der Waals surface area contributed by atoms with Gasteiger partial charge in [0.1, 0.15) is 34.2 Å². The number of ether oxygens (including phenoxy) is 3. The standard InChI is InChI=1S/C34H34FN5O6/c1-19-38-29-24(30(41)44-8)15-21(16-27(29)39(19)26-12-14-36-25-18-22(35)9-10-23(25)26)20-11-13-37-28(17-20)40(31(42)45-33(2,3)4)32(43)46-34(5,6)7/h9-18H,1-8H3. The summed E-state index contributed by atoms with van der Waals surface area (Å²) in [5.74, 6) is -0.519. The van der Waals surface area contributed by atoms with Gasteiger partial charge in [0, 0.05) is 23.8 Å². The third kappa shape index (κ3) is 6.51. The van der Waals surface area contributed by atoms with Gasteiger partial charge in [0.05, 0.1) is 29.4 Å². The van der Waals surface area contributed by atoms with Crippen LogP contribution >= 0.6 is 0 Å². The van der Waals surface area contributed by atoms with E-state index >= 15 is 0 Å². The number of imidazole rings is 1. The fourth-order valence-electron chi connectivity index (χ4n) is 4.93. The van der Waals surface area contributed by atoms with Crippen molar-refractivity contribution in [1.82, 2.24) is 19.5 Å². The lowest BCUT2D eigenvalue weighted by Crippen LogP contribution is -2.44. The summed E-state index contributed by atoms with van der Waals surface area (Å²) in [6, 6.07) is 12.8. The number of carbonyl (C=O) groups excluding carboxylic acids is 3. The number of anilines is 1. The van der Waals surface area contributed by atoms with Crippen molar-refractivity contribution >= 4 is 45.9 Å². The van der Waals surface area contributed by atoms with E-state index in [2.05, 4.69) is 9.97 Å². The molecule has 3 aromatic heterocycles. The number of aromatic nitrogens is 4. The minimum absolute atomic E-state index is 0.0486. The molecule has 2 aromatic carbocycles. The largest absolute Gasteiger partial charge is 0.465 e. The summed E-state index contributed by atoms with van der Waals surface area (Å²) in [6.07, 6.45) is 1.07. The van der Waals surface area contributed by atoms with Gasteiger partial charge >= 0.3 is 18.2 Å². The summed E-state index contributed by atoms with van der Waals surface area (Å²) in [7, 11) is 1.28. The summed E-state index contributed by atoms with van der Waals surface area (Å²) < 4.78 is 32.0. The van der Waals surface area contributed by atoms with Gasteiger partial charge in [0.25, 0.3) is 0 Å². The third-order valence-electron chi connectivity index (χ3n) is 6.72. The summed E-state index contributed by atoms with van der Waals surface area (Å²) >= 11 is 0. The molecule has 0 saturated heterocycles. The zero-order valence-electron chi connectivity index (χ0n) is 26.8. The zero-order valence-corrected chi connectivity index (χ0v) is 26.8. The number of carbonyl (C=O) groups is 3. The first kappa shape index (κ1) is 32.0. The molecule has 0 saturated carbocycles. The molecule has 2 amide bonds. The predicted molar refractivity (Wildman–Crippen MR) is 171 cm³/mol. The number of aryl methyl sites for hydroxylation is 1. The van der Waals surface area contributed by atoms with Crippen molar-refractivity contribution in [2.75, 3.05) is 12.0 Å². The number of hydrogen-bond acceptors (Lipinski definition) is 9. The van der Waals surface area contributed by atoms with Gasteiger partial charge in [0.2, 0.25) is 0 Å². The summed E-state index contributed by atoms with van der Waals surface area (Å²) in [4.78, 5) is 53.7. The van der Waals surface area contributed by atoms with Gasteiger partial charge in [-0.05, 0) is 102 Å². The van der Waals surface area contributed by atoms with E-state index in [-0.39, 0.29) is 11.4 Å². The van der Waals surface area contributed by atoms with E-state index in [1.807, 2.05) is 10.6 Å². The Balaban J connectivity index is 1.72. The predicted octanol–water partition coefficient (Wildman–Crippen LogP) is 7.55. The number of nitrogens with zero attached hydrogens (tertiary/aromatic N) is 5. The van der Waals surface area contributed by atoms with Crippen LogP contribution in [0.15, 0.2) is 60.9 Å². The van der Waals surface area contributed by atoms with Crippen LogP contribution in [0.2, 0.25) is 0 Å². The summed E-state index contributed by atoms with van der Waals surface area (Å²) in [5, 5.41) is 0.674. The number of methoxy groups -OCH3 is 1. The zero-order chi connectivity index (χ0) is 33.6. The maximum absolute atomic E-state index is 14.0.